The van der Waals surface area contributed by atoms with Crippen LogP contribution in [-0.4, -0.2) is 59.9 Å². The topological polar surface area (TPSA) is 81.8 Å². The van der Waals surface area contributed by atoms with Crippen molar-refractivity contribution in [2.24, 2.45) is 5.92 Å². The van der Waals surface area contributed by atoms with Crippen molar-refractivity contribution in [3.05, 3.63) is 29.8 Å². The number of rotatable bonds is 4. The number of urea groups is 1. The van der Waals surface area contributed by atoms with Crippen molar-refractivity contribution in [3.8, 4) is 0 Å². The molecule has 0 unspecified atom stereocenters. The summed E-state index contributed by atoms with van der Waals surface area (Å²) >= 11 is 0. The third-order valence-corrected chi connectivity index (χ3v) is 5.36. The molecule has 2 fully saturated rings. The molecule has 2 aliphatic heterocycles. The predicted molar refractivity (Wildman–Crippen MR) is 108 cm³/mol. The number of carbonyl (C=O) groups is 3. The van der Waals surface area contributed by atoms with E-state index in [-0.39, 0.29) is 29.8 Å². The smallest absolute Gasteiger partial charge is 0.319 e. The largest absolute Gasteiger partial charge is 0.350 e. The second kappa shape index (κ2) is 9.08. The van der Waals surface area contributed by atoms with Gasteiger partial charge in [0.2, 0.25) is 5.91 Å². The van der Waals surface area contributed by atoms with Crippen LogP contribution in [0.15, 0.2) is 24.3 Å². The number of piperidine rings is 1. The Balaban J connectivity index is 1.56. The van der Waals surface area contributed by atoms with Crippen molar-refractivity contribution in [2.45, 2.75) is 45.6 Å². The molecule has 1 aromatic carbocycles. The Bertz CT molecular complexity index is 720. The fourth-order valence-corrected chi connectivity index (χ4v) is 3.81. The molecule has 2 heterocycles. The van der Waals surface area contributed by atoms with Crippen LogP contribution in [0.1, 0.15) is 49.9 Å². The minimum absolute atomic E-state index is 0.0220. The fraction of sp³-hybridized carbons (Fsp3) is 0.571. The lowest BCUT2D eigenvalue weighted by Gasteiger charge is -2.34. The Morgan fingerprint density at radius 1 is 0.964 bits per heavy atom. The summed E-state index contributed by atoms with van der Waals surface area (Å²) in [7, 11) is 0. The summed E-state index contributed by atoms with van der Waals surface area (Å²) in [6, 6.07) is 7.18. The highest BCUT2D eigenvalue weighted by molar-refractivity contribution is 6.04. The lowest BCUT2D eigenvalue weighted by Crippen LogP contribution is -2.47. The van der Waals surface area contributed by atoms with Crippen molar-refractivity contribution < 1.29 is 14.4 Å². The average Bonchev–Trinajstić information content (AvgIpc) is 3.22. The van der Waals surface area contributed by atoms with Gasteiger partial charge >= 0.3 is 6.03 Å². The zero-order chi connectivity index (χ0) is 20.1. The predicted octanol–water partition coefficient (Wildman–Crippen LogP) is 2.69. The van der Waals surface area contributed by atoms with E-state index in [2.05, 4.69) is 10.6 Å². The molecule has 0 bridgehead atoms. The Labute approximate surface area is 166 Å². The van der Waals surface area contributed by atoms with Gasteiger partial charge in [-0.3, -0.25) is 9.59 Å². The number of nitrogens with one attached hydrogen (secondary N) is 2. The number of para-hydroxylation sites is 1. The quantitative estimate of drug-likeness (QED) is 0.835. The standard InChI is InChI=1S/C21H30N4O3/c1-15(2)22-20(27)17-7-3-4-8-18(17)23-19(26)16-9-13-25(14-10-16)21(28)24-11-5-6-12-24/h3-4,7-8,15-16H,5-6,9-14H2,1-2H3,(H,22,27)(H,23,26). The molecule has 0 saturated carbocycles. The Morgan fingerprint density at radius 2 is 1.57 bits per heavy atom. The van der Waals surface area contributed by atoms with Crippen molar-refractivity contribution >= 4 is 23.5 Å². The lowest BCUT2D eigenvalue weighted by atomic mass is 9.95. The molecule has 2 saturated heterocycles. The minimum atomic E-state index is -0.197. The number of hydrogen-bond acceptors (Lipinski definition) is 3. The third-order valence-electron chi connectivity index (χ3n) is 5.36. The van der Waals surface area contributed by atoms with Gasteiger partial charge in [-0.25, -0.2) is 4.79 Å². The summed E-state index contributed by atoms with van der Waals surface area (Å²) in [5.41, 5.74) is 0.993. The molecular formula is C21H30N4O3. The Kier molecular flexibility index (Phi) is 6.54. The van der Waals surface area contributed by atoms with E-state index < -0.39 is 0 Å². The maximum Gasteiger partial charge on any atom is 0.319 e. The van der Waals surface area contributed by atoms with Crippen molar-refractivity contribution in [1.29, 1.82) is 0 Å². The van der Waals surface area contributed by atoms with Crippen LogP contribution >= 0.6 is 0 Å². The van der Waals surface area contributed by atoms with Crippen LogP contribution in [0, 0.1) is 5.92 Å². The van der Waals surface area contributed by atoms with E-state index in [1.54, 1.807) is 24.3 Å². The number of hydrogen-bond donors (Lipinski definition) is 2. The Hall–Kier alpha value is -2.57. The molecule has 1 aromatic rings. The monoisotopic (exact) mass is 386 g/mol. The zero-order valence-electron chi connectivity index (χ0n) is 16.7. The number of benzene rings is 1. The second-order valence-electron chi connectivity index (χ2n) is 7.90. The van der Waals surface area contributed by atoms with Crippen LogP contribution in [0.2, 0.25) is 0 Å². The summed E-state index contributed by atoms with van der Waals surface area (Å²) in [6.07, 6.45) is 3.44. The fourth-order valence-electron chi connectivity index (χ4n) is 3.81. The highest BCUT2D eigenvalue weighted by Crippen LogP contribution is 2.23. The molecule has 0 spiro atoms. The molecule has 2 aliphatic rings. The lowest BCUT2D eigenvalue weighted by molar-refractivity contribution is -0.121. The van der Waals surface area contributed by atoms with E-state index in [9.17, 15) is 14.4 Å². The van der Waals surface area contributed by atoms with Gasteiger partial charge in [0.05, 0.1) is 11.3 Å². The molecule has 0 aromatic heterocycles. The van der Waals surface area contributed by atoms with E-state index >= 15 is 0 Å². The van der Waals surface area contributed by atoms with Crippen LogP contribution in [0.3, 0.4) is 0 Å². The van der Waals surface area contributed by atoms with Gasteiger partial charge in [-0.2, -0.15) is 0 Å². The van der Waals surface area contributed by atoms with E-state index in [1.165, 1.54) is 0 Å². The summed E-state index contributed by atoms with van der Waals surface area (Å²) in [6.45, 7) is 6.68. The van der Waals surface area contributed by atoms with Crippen LogP contribution in [0.25, 0.3) is 0 Å². The van der Waals surface area contributed by atoms with Crippen molar-refractivity contribution in [3.63, 3.8) is 0 Å². The van der Waals surface area contributed by atoms with Crippen LogP contribution < -0.4 is 10.6 Å². The number of amides is 4. The summed E-state index contributed by atoms with van der Waals surface area (Å²) in [5, 5.41) is 5.78. The normalized spacial score (nSPS) is 17.7. The summed E-state index contributed by atoms with van der Waals surface area (Å²) < 4.78 is 0. The van der Waals surface area contributed by atoms with Gasteiger partial charge in [0.1, 0.15) is 0 Å². The van der Waals surface area contributed by atoms with Crippen molar-refractivity contribution in [2.75, 3.05) is 31.5 Å². The summed E-state index contributed by atoms with van der Waals surface area (Å²) in [4.78, 5) is 41.4. The van der Waals surface area contributed by atoms with Crippen LogP contribution in [-0.2, 0) is 4.79 Å². The molecule has 152 valence electrons. The van der Waals surface area contributed by atoms with E-state index in [1.807, 2.05) is 23.6 Å². The summed E-state index contributed by atoms with van der Waals surface area (Å²) in [5.74, 6) is -0.432. The maximum atomic E-state index is 12.7. The highest BCUT2D eigenvalue weighted by atomic mass is 16.2. The molecule has 0 aliphatic carbocycles. The van der Waals surface area contributed by atoms with Crippen LogP contribution in [0.4, 0.5) is 10.5 Å². The number of likely N-dealkylation sites (tertiary alicyclic amines) is 2. The minimum Gasteiger partial charge on any atom is -0.350 e. The van der Waals surface area contributed by atoms with E-state index in [0.29, 0.717) is 37.2 Å². The van der Waals surface area contributed by atoms with Gasteiger partial charge in [-0.15, -0.1) is 0 Å². The first-order valence-corrected chi connectivity index (χ1v) is 10.2. The molecule has 4 amide bonds. The maximum absolute atomic E-state index is 12.7. The van der Waals surface area contributed by atoms with Gasteiger partial charge in [0.15, 0.2) is 0 Å². The molecule has 3 rings (SSSR count). The SMILES string of the molecule is CC(C)NC(=O)c1ccccc1NC(=O)C1CCN(C(=O)N2CCCC2)CC1. The molecule has 7 nitrogen and oxygen atoms in total. The zero-order valence-corrected chi connectivity index (χ0v) is 16.7. The second-order valence-corrected chi connectivity index (χ2v) is 7.90. The highest BCUT2D eigenvalue weighted by Gasteiger charge is 2.30. The molecule has 7 heteroatoms. The van der Waals surface area contributed by atoms with Gasteiger partial charge in [-0.05, 0) is 51.7 Å². The average molecular weight is 386 g/mol. The molecule has 0 atom stereocenters. The third kappa shape index (κ3) is 4.82. The Morgan fingerprint density at radius 3 is 2.21 bits per heavy atom. The van der Waals surface area contributed by atoms with Crippen LogP contribution in [0.5, 0.6) is 0 Å². The molecule has 2 N–H and O–H groups in total. The first-order valence-electron chi connectivity index (χ1n) is 10.2. The van der Waals surface area contributed by atoms with Gasteiger partial charge < -0.3 is 20.4 Å². The number of nitrogens with zero attached hydrogens (tertiary/aromatic N) is 2. The number of anilines is 1. The van der Waals surface area contributed by atoms with Gasteiger partial charge in [-0.1, -0.05) is 12.1 Å². The molecule has 28 heavy (non-hydrogen) atoms. The van der Waals surface area contributed by atoms with Gasteiger partial charge in [0.25, 0.3) is 5.91 Å². The van der Waals surface area contributed by atoms with Crippen molar-refractivity contribution in [1.82, 2.24) is 15.1 Å². The van der Waals surface area contributed by atoms with Gasteiger partial charge in [0, 0.05) is 38.1 Å². The van der Waals surface area contributed by atoms with E-state index in [4.69, 9.17) is 0 Å². The first-order chi connectivity index (χ1) is 13.5. The molecule has 0 radical (unpaired) electrons. The molecular weight excluding hydrogens is 356 g/mol. The number of carbonyl (C=O) groups excluding carboxylic acids is 3. The van der Waals surface area contributed by atoms with E-state index in [0.717, 1.165) is 25.9 Å². The first kappa shape index (κ1) is 20.2.